The average molecular weight is 545 g/mol. The van der Waals surface area contributed by atoms with E-state index in [0.717, 1.165) is 16.8 Å². The molecule has 0 aliphatic rings. The molecule has 1 heterocycles. The van der Waals surface area contributed by atoms with Gasteiger partial charge in [-0.05, 0) is 62.4 Å². The zero-order valence-electron chi connectivity index (χ0n) is 18.8. The Kier molecular flexibility index (Phi) is 8.13. The van der Waals surface area contributed by atoms with Gasteiger partial charge in [-0.2, -0.15) is 5.10 Å². The van der Waals surface area contributed by atoms with Crippen LogP contribution in [0.15, 0.2) is 77.0 Å². The fourth-order valence-corrected chi connectivity index (χ4v) is 4.64. The molecule has 0 atom stereocenters. The number of nitrogens with zero attached hydrogens (tertiary/aromatic N) is 4. The number of carbonyl (C=O) groups is 1. The van der Waals surface area contributed by atoms with Crippen molar-refractivity contribution >= 4 is 58.2 Å². The molecule has 1 aromatic heterocycles. The van der Waals surface area contributed by atoms with Crippen LogP contribution in [0, 0.1) is 6.92 Å². The number of carbonyl (C=O) groups excluding carboxylic acids is 1. The third-order valence-corrected chi connectivity index (χ3v) is 6.76. The van der Waals surface area contributed by atoms with Crippen molar-refractivity contribution in [1.29, 1.82) is 0 Å². The van der Waals surface area contributed by atoms with Crippen molar-refractivity contribution in [2.24, 2.45) is 5.10 Å². The van der Waals surface area contributed by atoms with Crippen LogP contribution >= 0.6 is 46.6 Å². The summed E-state index contributed by atoms with van der Waals surface area (Å²) in [6.07, 6.45) is 0. The molecule has 0 saturated heterocycles. The molecule has 0 bridgehead atoms. The molecule has 0 aliphatic carbocycles. The van der Waals surface area contributed by atoms with Gasteiger partial charge >= 0.3 is 0 Å². The minimum Gasteiger partial charge on any atom is -0.272 e. The number of thioether (sulfide) groups is 1. The van der Waals surface area contributed by atoms with Crippen LogP contribution in [0.5, 0.6) is 0 Å². The molecule has 178 valence electrons. The number of hydrazone groups is 1. The summed E-state index contributed by atoms with van der Waals surface area (Å²) in [5, 5.41) is 15.1. The van der Waals surface area contributed by atoms with E-state index in [1.807, 2.05) is 47.9 Å². The summed E-state index contributed by atoms with van der Waals surface area (Å²) >= 11 is 19.5. The van der Waals surface area contributed by atoms with Crippen molar-refractivity contribution in [3.05, 3.63) is 92.9 Å². The van der Waals surface area contributed by atoms with Gasteiger partial charge in [0.1, 0.15) is 0 Å². The minimum absolute atomic E-state index is 0.0930. The molecule has 35 heavy (non-hydrogen) atoms. The normalized spacial score (nSPS) is 11.5. The van der Waals surface area contributed by atoms with Crippen molar-refractivity contribution in [2.45, 2.75) is 19.0 Å². The number of amides is 1. The largest absolute Gasteiger partial charge is 0.272 e. The summed E-state index contributed by atoms with van der Waals surface area (Å²) in [6.45, 7) is 3.78. The van der Waals surface area contributed by atoms with Crippen LogP contribution in [0.1, 0.15) is 18.1 Å². The predicted molar refractivity (Wildman–Crippen MR) is 144 cm³/mol. The Labute approximate surface area is 222 Å². The van der Waals surface area contributed by atoms with Gasteiger partial charge in [-0.3, -0.25) is 9.36 Å². The van der Waals surface area contributed by atoms with Gasteiger partial charge in [-0.1, -0.05) is 70.3 Å². The topological polar surface area (TPSA) is 72.2 Å². The maximum atomic E-state index is 12.5. The first kappa shape index (κ1) is 25.3. The molecule has 0 radical (unpaired) electrons. The molecule has 3 aromatic carbocycles. The SMILES string of the molecule is CC(=NNC(=O)CSc1nnc(-c2ccc(Cl)cc2)n1-c1ccc(C)cc1)c1ccc(Cl)cc1Cl. The second-order valence-electron chi connectivity index (χ2n) is 7.63. The highest BCUT2D eigenvalue weighted by atomic mass is 35.5. The highest BCUT2D eigenvalue weighted by Gasteiger charge is 2.17. The van der Waals surface area contributed by atoms with E-state index in [9.17, 15) is 4.79 Å². The number of aryl methyl sites for hydroxylation is 1. The van der Waals surface area contributed by atoms with Gasteiger partial charge in [0.2, 0.25) is 0 Å². The first-order valence-electron chi connectivity index (χ1n) is 10.5. The van der Waals surface area contributed by atoms with E-state index in [2.05, 4.69) is 20.7 Å². The number of hydrogen-bond donors (Lipinski definition) is 1. The molecule has 4 rings (SSSR count). The molecule has 0 unspecified atom stereocenters. The van der Waals surface area contributed by atoms with Crippen LogP contribution in [-0.4, -0.2) is 32.1 Å². The summed E-state index contributed by atoms with van der Waals surface area (Å²) in [5.41, 5.74) is 6.71. The summed E-state index contributed by atoms with van der Waals surface area (Å²) in [7, 11) is 0. The van der Waals surface area contributed by atoms with Crippen molar-refractivity contribution in [2.75, 3.05) is 5.75 Å². The van der Waals surface area contributed by atoms with Gasteiger partial charge in [0.25, 0.3) is 5.91 Å². The summed E-state index contributed by atoms with van der Waals surface area (Å²) in [5.74, 6) is 0.459. The molecule has 4 aromatic rings. The number of nitrogens with one attached hydrogen (secondary N) is 1. The van der Waals surface area contributed by atoms with Gasteiger partial charge in [-0.15, -0.1) is 10.2 Å². The zero-order chi connectivity index (χ0) is 24.9. The number of rotatable bonds is 7. The van der Waals surface area contributed by atoms with E-state index in [4.69, 9.17) is 34.8 Å². The molecule has 10 heteroatoms. The molecule has 0 fully saturated rings. The molecule has 1 amide bonds. The van der Waals surface area contributed by atoms with E-state index in [0.29, 0.717) is 37.3 Å². The Bertz CT molecular complexity index is 1390. The number of benzene rings is 3. The highest BCUT2D eigenvalue weighted by Crippen LogP contribution is 2.29. The monoisotopic (exact) mass is 543 g/mol. The molecule has 0 spiro atoms. The fraction of sp³-hybridized carbons (Fsp3) is 0.120. The summed E-state index contributed by atoms with van der Waals surface area (Å²) in [4.78, 5) is 12.5. The van der Waals surface area contributed by atoms with Crippen molar-refractivity contribution in [3.63, 3.8) is 0 Å². The van der Waals surface area contributed by atoms with E-state index in [1.54, 1.807) is 37.3 Å². The van der Waals surface area contributed by atoms with E-state index < -0.39 is 0 Å². The first-order chi connectivity index (χ1) is 16.8. The lowest BCUT2D eigenvalue weighted by atomic mass is 10.1. The van der Waals surface area contributed by atoms with Gasteiger partial charge in [-0.25, -0.2) is 5.43 Å². The van der Waals surface area contributed by atoms with E-state index in [1.165, 1.54) is 11.8 Å². The Hall–Kier alpha value is -2.84. The smallest absolute Gasteiger partial charge is 0.250 e. The summed E-state index contributed by atoms with van der Waals surface area (Å²) < 4.78 is 1.92. The number of hydrogen-bond acceptors (Lipinski definition) is 5. The maximum Gasteiger partial charge on any atom is 0.250 e. The fourth-order valence-electron chi connectivity index (χ4n) is 3.23. The maximum absolute atomic E-state index is 12.5. The molecular weight excluding hydrogens is 525 g/mol. The lowest BCUT2D eigenvalue weighted by molar-refractivity contribution is -0.118. The predicted octanol–water partition coefficient (Wildman–Crippen LogP) is 6.84. The molecular formula is C25H20Cl3N5OS. The highest BCUT2D eigenvalue weighted by molar-refractivity contribution is 7.99. The first-order valence-corrected chi connectivity index (χ1v) is 12.6. The van der Waals surface area contributed by atoms with Gasteiger partial charge in [0, 0.05) is 26.9 Å². The number of halogens is 3. The lowest BCUT2D eigenvalue weighted by Gasteiger charge is -2.11. The van der Waals surface area contributed by atoms with Gasteiger partial charge in [0.05, 0.1) is 16.5 Å². The Morgan fingerprint density at radius 2 is 1.66 bits per heavy atom. The average Bonchev–Trinajstić information content (AvgIpc) is 3.26. The number of aromatic nitrogens is 3. The lowest BCUT2D eigenvalue weighted by Crippen LogP contribution is -2.21. The van der Waals surface area contributed by atoms with E-state index in [-0.39, 0.29) is 11.7 Å². The third-order valence-electron chi connectivity index (χ3n) is 5.03. The standard InChI is InChI=1S/C25H20Cl3N5OS/c1-15-3-10-20(11-4-15)33-24(17-5-7-18(26)8-6-17)31-32-25(33)35-14-23(34)30-29-16(2)21-12-9-19(27)13-22(21)28/h3-13H,14H2,1-2H3,(H,30,34). The molecule has 0 saturated carbocycles. The molecule has 0 aliphatic heterocycles. The quantitative estimate of drug-likeness (QED) is 0.157. The Morgan fingerprint density at radius 3 is 2.34 bits per heavy atom. The van der Waals surface area contributed by atoms with Crippen LogP contribution < -0.4 is 5.43 Å². The van der Waals surface area contributed by atoms with Crippen LogP contribution in [0.4, 0.5) is 0 Å². The van der Waals surface area contributed by atoms with Gasteiger partial charge < -0.3 is 0 Å². The zero-order valence-corrected chi connectivity index (χ0v) is 21.9. The second kappa shape index (κ2) is 11.3. The van der Waals surface area contributed by atoms with Crippen molar-refractivity contribution in [3.8, 4) is 17.1 Å². The van der Waals surface area contributed by atoms with Crippen molar-refractivity contribution < 1.29 is 4.79 Å². The molecule has 1 N–H and O–H groups in total. The third kappa shape index (κ3) is 6.24. The van der Waals surface area contributed by atoms with E-state index >= 15 is 0 Å². The Morgan fingerprint density at radius 1 is 0.971 bits per heavy atom. The Balaban J connectivity index is 1.53. The van der Waals surface area contributed by atoms with Crippen LogP contribution in [0.25, 0.3) is 17.1 Å². The second-order valence-corrected chi connectivity index (χ2v) is 9.85. The minimum atomic E-state index is -0.286. The van der Waals surface area contributed by atoms with Gasteiger partial charge in [0.15, 0.2) is 11.0 Å². The van der Waals surface area contributed by atoms with Crippen LogP contribution in [0.2, 0.25) is 15.1 Å². The summed E-state index contributed by atoms with van der Waals surface area (Å²) in [6, 6.07) is 20.5. The van der Waals surface area contributed by atoms with Crippen molar-refractivity contribution in [1.82, 2.24) is 20.2 Å². The van der Waals surface area contributed by atoms with Crippen LogP contribution in [0.3, 0.4) is 0 Å². The molecule has 6 nitrogen and oxygen atoms in total. The van der Waals surface area contributed by atoms with Crippen LogP contribution in [-0.2, 0) is 4.79 Å².